The molecule has 0 spiro atoms. The molecule has 1 aliphatic rings. The molecule has 29 heavy (non-hydrogen) atoms. The Morgan fingerprint density at radius 2 is 1.86 bits per heavy atom. The lowest BCUT2D eigenvalue weighted by atomic mass is 10.1. The molecule has 2 aromatic rings. The highest BCUT2D eigenvalue weighted by Gasteiger charge is 2.27. The van der Waals surface area contributed by atoms with E-state index in [1.165, 1.54) is 29.4 Å². The lowest BCUT2D eigenvalue weighted by molar-refractivity contribution is -0.118. The van der Waals surface area contributed by atoms with Gasteiger partial charge in [-0.05, 0) is 50.1 Å². The molecule has 1 N–H and O–H groups in total. The van der Waals surface area contributed by atoms with Crippen LogP contribution in [0.25, 0.3) is 0 Å². The average molecular weight is 437 g/mol. The third-order valence-corrected chi connectivity index (χ3v) is 6.71. The van der Waals surface area contributed by atoms with Crippen LogP contribution in [0.1, 0.15) is 30.1 Å². The molecule has 7 nitrogen and oxygen atoms in total. The van der Waals surface area contributed by atoms with Gasteiger partial charge >= 0.3 is 0 Å². The number of halogens is 1. The zero-order valence-electron chi connectivity index (χ0n) is 15.9. The van der Waals surface area contributed by atoms with E-state index in [1.54, 1.807) is 24.3 Å². The molecular weight excluding hydrogens is 416 g/mol. The molecule has 154 valence electrons. The van der Waals surface area contributed by atoms with E-state index < -0.39 is 15.9 Å². The zero-order chi connectivity index (χ0) is 21.0. The SMILES string of the molecule is CC(=O)c1cccc(NC(=O)COc2ccc(S(=O)(=O)N3CCCC3)cc2Cl)c1. The molecule has 0 unspecified atom stereocenters. The van der Waals surface area contributed by atoms with Crippen molar-refractivity contribution in [3.05, 3.63) is 53.1 Å². The third-order valence-electron chi connectivity index (χ3n) is 4.52. The van der Waals surface area contributed by atoms with E-state index in [9.17, 15) is 18.0 Å². The maximum Gasteiger partial charge on any atom is 0.262 e. The number of ketones is 1. The molecule has 0 radical (unpaired) electrons. The van der Waals surface area contributed by atoms with Crippen molar-refractivity contribution >= 4 is 39.0 Å². The first kappa shape index (κ1) is 21.3. The highest BCUT2D eigenvalue weighted by atomic mass is 35.5. The Morgan fingerprint density at radius 3 is 2.52 bits per heavy atom. The van der Waals surface area contributed by atoms with Crippen LogP contribution in [0.5, 0.6) is 5.75 Å². The standard InChI is InChI=1S/C20H21ClN2O5S/c1-14(24)15-5-4-6-16(11-15)22-20(25)13-28-19-8-7-17(12-18(19)21)29(26,27)23-9-2-3-10-23/h4-8,11-12H,2-3,9-10,13H2,1H3,(H,22,25). The number of benzene rings is 2. The van der Waals surface area contributed by atoms with Gasteiger partial charge in [-0.3, -0.25) is 9.59 Å². The van der Waals surface area contributed by atoms with E-state index in [4.69, 9.17) is 16.3 Å². The first-order chi connectivity index (χ1) is 13.8. The second-order valence-electron chi connectivity index (χ2n) is 6.68. The van der Waals surface area contributed by atoms with Crippen LogP contribution in [0.15, 0.2) is 47.4 Å². The Labute approximate surface area is 174 Å². The molecule has 0 saturated carbocycles. The van der Waals surface area contributed by atoms with Crippen molar-refractivity contribution in [2.24, 2.45) is 0 Å². The van der Waals surface area contributed by atoms with Crippen LogP contribution < -0.4 is 10.1 Å². The normalized spacial score (nSPS) is 14.6. The maximum absolute atomic E-state index is 12.6. The molecule has 1 heterocycles. The van der Waals surface area contributed by atoms with Gasteiger partial charge in [0, 0.05) is 24.3 Å². The quantitative estimate of drug-likeness (QED) is 0.672. The Morgan fingerprint density at radius 1 is 1.14 bits per heavy atom. The van der Waals surface area contributed by atoms with Gasteiger partial charge < -0.3 is 10.1 Å². The van der Waals surface area contributed by atoms with Crippen LogP contribution in [0.4, 0.5) is 5.69 Å². The number of amides is 1. The van der Waals surface area contributed by atoms with Crippen molar-refractivity contribution in [1.82, 2.24) is 4.31 Å². The van der Waals surface area contributed by atoms with E-state index in [0.717, 1.165) is 12.8 Å². The van der Waals surface area contributed by atoms with E-state index in [0.29, 0.717) is 24.3 Å². The van der Waals surface area contributed by atoms with E-state index in [2.05, 4.69) is 5.32 Å². The number of ether oxygens (including phenoxy) is 1. The predicted molar refractivity (Wildman–Crippen MR) is 110 cm³/mol. The van der Waals surface area contributed by atoms with Gasteiger partial charge in [-0.1, -0.05) is 23.7 Å². The van der Waals surface area contributed by atoms with Gasteiger partial charge in [0.1, 0.15) is 5.75 Å². The first-order valence-corrected chi connectivity index (χ1v) is 10.9. The van der Waals surface area contributed by atoms with Crippen molar-refractivity contribution < 1.29 is 22.7 Å². The monoisotopic (exact) mass is 436 g/mol. The first-order valence-electron chi connectivity index (χ1n) is 9.11. The third kappa shape index (κ3) is 5.14. The maximum atomic E-state index is 12.6. The highest BCUT2D eigenvalue weighted by Crippen LogP contribution is 2.30. The summed E-state index contributed by atoms with van der Waals surface area (Å²) >= 11 is 6.16. The summed E-state index contributed by atoms with van der Waals surface area (Å²) in [6.07, 6.45) is 1.69. The van der Waals surface area contributed by atoms with Crippen LogP contribution in [0.2, 0.25) is 5.02 Å². The van der Waals surface area contributed by atoms with Crippen LogP contribution in [0.3, 0.4) is 0 Å². The van der Waals surface area contributed by atoms with Gasteiger partial charge in [0.05, 0.1) is 9.92 Å². The number of hydrogen-bond acceptors (Lipinski definition) is 5. The minimum atomic E-state index is -3.57. The summed E-state index contributed by atoms with van der Waals surface area (Å²) < 4.78 is 32.0. The van der Waals surface area contributed by atoms with E-state index >= 15 is 0 Å². The number of nitrogens with one attached hydrogen (secondary N) is 1. The van der Waals surface area contributed by atoms with E-state index in [1.807, 2.05) is 0 Å². The second kappa shape index (κ2) is 8.94. The molecule has 1 fully saturated rings. The Hall–Kier alpha value is -2.42. The van der Waals surface area contributed by atoms with Gasteiger partial charge in [0.2, 0.25) is 10.0 Å². The molecule has 3 rings (SSSR count). The summed E-state index contributed by atoms with van der Waals surface area (Å²) in [5, 5.41) is 2.75. The summed E-state index contributed by atoms with van der Waals surface area (Å²) in [6, 6.07) is 10.8. The summed E-state index contributed by atoms with van der Waals surface area (Å²) in [5.41, 5.74) is 0.964. The van der Waals surface area contributed by atoms with Gasteiger partial charge in [-0.2, -0.15) is 4.31 Å². The van der Waals surface area contributed by atoms with Gasteiger partial charge in [0.25, 0.3) is 5.91 Å². The van der Waals surface area contributed by atoms with Gasteiger partial charge in [-0.25, -0.2) is 8.42 Å². The van der Waals surface area contributed by atoms with Crippen LogP contribution >= 0.6 is 11.6 Å². The minimum Gasteiger partial charge on any atom is -0.482 e. The predicted octanol–water partition coefficient (Wildman–Crippen LogP) is 3.34. The molecule has 1 saturated heterocycles. The second-order valence-corrected chi connectivity index (χ2v) is 9.02. The fourth-order valence-corrected chi connectivity index (χ4v) is 4.84. The van der Waals surface area contributed by atoms with E-state index in [-0.39, 0.29) is 28.1 Å². The largest absolute Gasteiger partial charge is 0.482 e. The Kier molecular flexibility index (Phi) is 6.56. The molecule has 1 amide bonds. The smallest absolute Gasteiger partial charge is 0.262 e. The molecular formula is C20H21ClN2O5S. The average Bonchev–Trinajstić information content (AvgIpc) is 3.23. The number of carbonyl (C=O) groups excluding carboxylic acids is 2. The molecule has 9 heteroatoms. The number of nitrogens with zero attached hydrogens (tertiary/aromatic N) is 1. The van der Waals surface area contributed by atoms with Crippen molar-refractivity contribution in [3.63, 3.8) is 0 Å². The summed E-state index contributed by atoms with van der Waals surface area (Å²) in [5.74, 6) is -0.330. The number of sulfonamides is 1. The van der Waals surface area contributed by atoms with Crippen molar-refractivity contribution in [3.8, 4) is 5.75 Å². The zero-order valence-corrected chi connectivity index (χ0v) is 17.4. The number of hydrogen-bond donors (Lipinski definition) is 1. The summed E-state index contributed by atoms with van der Waals surface area (Å²) in [7, 11) is -3.57. The fourth-order valence-electron chi connectivity index (χ4n) is 2.99. The topological polar surface area (TPSA) is 92.8 Å². The Balaban J connectivity index is 1.63. The summed E-state index contributed by atoms with van der Waals surface area (Å²) in [6.45, 7) is 2.13. The van der Waals surface area contributed by atoms with Crippen LogP contribution in [-0.2, 0) is 14.8 Å². The van der Waals surface area contributed by atoms with Crippen molar-refractivity contribution in [2.45, 2.75) is 24.7 Å². The number of anilines is 1. The minimum absolute atomic E-state index is 0.0993. The summed E-state index contributed by atoms with van der Waals surface area (Å²) in [4.78, 5) is 23.6. The molecule has 0 aliphatic carbocycles. The Bertz CT molecular complexity index is 1030. The highest BCUT2D eigenvalue weighted by molar-refractivity contribution is 7.89. The van der Waals surface area contributed by atoms with Crippen molar-refractivity contribution in [1.29, 1.82) is 0 Å². The molecule has 0 aromatic heterocycles. The van der Waals surface area contributed by atoms with Gasteiger partial charge in [-0.15, -0.1) is 0 Å². The van der Waals surface area contributed by atoms with Crippen molar-refractivity contribution in [2.75, 3.05) is 25.0 Å². The van der Waals surface area contributed by atoms with Crippen LogP contribution in [0, 0.1) is 0 Å². The fraction of sp³-hybridized carbons (Fsp3) is 0.300. The molecule has 1 aliphatic heterocycles. The number of carbonyl (C=O) groups is 2. The lowest BCUT2D eigenvalue weighted by Gasteiger charge is -2.16. The number of Topliss-reactive ketones (excluding diaryl/α,β-unsaturated/α-hetero) is 1. The molecule has 0 bridgehead atoms. The molecule has 2 aromatic carbocycles. The lowest BCUT2D eigenvalue weighted by Crippen LogP contribution is -2.27. The van der Waals surface area contributed by atoms with Crippen LogP contribution in [-0.4, -0.2) is 44.1 Å². The molecule has 0 atom stereocenters. The van der Waals surface area contributed by atoms with Gasteiger partial charge in [0.15, 0.2) is 12.4 Å². The number of rotatable bonds is 7.